The molecule has 0 aliphatic rings. The third kappa shape index (κ3) is 4.13. The molecule has 7 nitrogen and oxygen atoms in total. The number of carbonyl (C=O) groups is 1. The molecule has 0 unspecified atom stereocenters. The molecule has 0 spiro atoms. The van der Waals surface area contributed by atoms with Gasteiger partial charge < -0.3 is 15.7 Å². The van der Waals surface area contributed by atoms with E-state index in [1.807, 2.05) is 6.92 Å². The molecule has 3 N–H and O–H groups in total. The first-order chi connectivity index (χ1) is 12.5. The lowest BCUT2D eigenvalue weighted by Gasteiger charge is -2.10. The van der Waals surface area contributed by atoms with E-state index in [4.69, 9.17) is 10.4 Å². The van der Waals surface area contributed by atoms with Crippen LogP contribution in [0.5, 0.6) is 0 Å². The van der Waals surface area contributed by atoms with Gasteiger partial charge in [-0.3, -0.25) is 0 Å². The average Bonchev–Trinajstić information content (AvgIpc) is 2.62. The van der Waals surface area contributed by atoms with Crippen molar-refractivity contribution in [3.63, 3.8) is 0 Å². The van der Waals surface area contributed by atoms with Crippen molar-refractivity contribution >= 4 is 29.1 Å². The quantitative estimate of drug-likeness (QED) is 0.644. The molecule has 3 aromatic rings. The summed E-state index contributed by atoms with van der Waals surface area (Å²) >= 11 is 0. The maximum Gasteiger partial charge on any atom is 0.335 e. The first kappa shape index (κ1) is 16.9. The number of nitrogens with zero attached hydrogens (tertiary/aromatic N) is 3. The monoisotopic (exact) mass is 345 g/mol. The van der Waals surface area contributed by atoms with Gasteiger partial charge in [0, 0.05) is 23.1 Å². The topological polar surface area (TPSA) is 111 Å². The van der Waals surface area contributed by atoms with Crippen LogP contribution in [0.25, 0.3) is 0 Å². The lowest BCUT2D eigenvalue weighted by molar-refractivity contribution is 0.0697. The fraction of sp³-hybridized carbons (Fsp3) is 0.0526. The summed E-state index contributed by atoms with van der Waals surface area (Å²) in [7, 11) is 0. The van der Waals surface area contributed by atoms with Gasteiger partial charge in [-0.05, 0) is 49.4 Å². The van der Waals surface area contributed by atoms with Crippen LogP contribution in [0.15, 0.2) is 54.6 Å². The summed E-state index contributed by atoms with van der Waals surface area (Å²) in [6.07, 6.45) is 0. The first-order valence-electron chi connectivity index (χ1n) is 7.77. The zero-order chi connectivity index (χ0) is 18.5. The lowest BCUT2D eigenvalue weighted by Crippen LogP contribution is -2.03. The molecule has 0 fully saturated rings. The molecule has 0 bridgehead atoms. The Labute approximate surface area is 150 Å². The summed E-state index contributed by atoms with van der Waals surface area (Å²) < 4.78 is 0. The van der Waals surface area contributed by atoms with Crippen LogP contribution in [0, 0.1) is 18.3 Å². The van der Waals surface area contributed by atoms with Crippen LogP contribution in [0.1, 0.15) is 21.6 Å². The van der Waals surface area contributed by atoms with Gasteiger partial charge in [-0.25, -0.2) is 9.78 Å². The van der Waals surface area contributed by atoms with E-state index in [2.05, 4.69) is 26.7 Å². The molecule has 0 atom stereocenters. The molecule has 0 radical (unpaired) electrons. The molecular formula is C19H15N5O2. The number of aromatic nitrogens is 2. The minimum absolute atomic E-state index is 0.191. The van der Waals surface area contributed by atoms with Gasteiger partial charge in [0.25, 0.3) is 0 Å². The van der Waals surface area contributed by atoms with E-state index in [0.29, 0.717) is 23.0 Å². The highest BCUT2D eigenvalue weighted by atomic mass is 16.4. The van der Waals surface area contributed by atoms with Gasteiger partial charge in [0.2, 0.25) is 5.95 Å². The van der Waals surface area contributed by atoms with Gasteiger partial charge in [0.05, 0.1) is 17.2 Å². The van der Waals surface area contributed by atoms with E-state index in [9.17, 15) is 4.79 Å². The highest BCUT2D eigenvalue weighted by Gasteiger charge is 2.06. The number of nitriles is 1. The Hall–Kier alpha value is -3.92. The number of aryl methyl sites for hydroxylation is 1. The minimum atomic E-state index is -0.990. The van der Waals surface area contributed by atoms with Crippen molar-refractivity contribution < 1.29 is 9.90 Å². The number of nitrogens with one attached hydrogen (secondary N) is 2. The zero-order valence-electron chi connectivity index (χ0n) is 13.9. The summed E-state index contributed by atoms with van der Waals surface area (Å²) in [5.74, 6) is -0.0570. The molecule has 1 heterocycles. The summed E-state index contributed by atoms with van der Waals surface area (Å²) in [6.45, 7) is 1.84. The normalized spacial score (nSPS) is 10.0. The molecule has 1 aromatic heterocycles. The van der Waals surface area contributed by atoms with Gasteiger partial charge in [-0.1, -0.05) is 6.07 Å². The Morgan fingerprint density at radius 1 is 1.04 bits per heavy atom. The molecular weight excluding hydrogens is 330 g/mol. The zero-order valence-corrected chi connectivity index (χ0v) is 13.9. The van der Waals surface area contributed by atoms with Gasteiger partial charge in [-0.15, -0.1) is 0 Å². The van der Waals surface area contributed by atoms with E-state index in [0.717, 1.165) is 11.4 Å². The van der Waals surface area contributed by atoms with E-state index < -0.39 is 5.97 Å². The summed E-state index contributed by atoms with van der Waals surface area (Å²) in [5.41, 5.74) is 2.88. The van der Waals surface area contributed by atoms with Crippen molar-refractivity contribution in [2.24, 2.45) is 0 Å². The molecule has 0 aliphatic carbocycles. The van der Waals surface area contributed by atoms with Crippen LogP contribution in [0.4, 0.5) is 23.1 Å². The Morgan fingerprint density at radius 3 is 2.50 bits per heavy atom. The Bertz CT molecular complexity index is 994. The number of hydrogen-bond acceptors (Lipinski definition) is 6. The van der Waals surface area contributed by atoms with Crippen LogP contribution >= 0.6 is 0 Å². The Morgan fingerprint density at radius 2 is 1.81 bits per heavy atom. The second kappa shape index (κ2) is 7.32. The Kier molecular flexibility index (Phi) is 4.76. The molecule has 128 valence electrons. The lowest BCUT2D eigenvalue weighted by atomic mass is 10.2. The second-order valence-corrected chi connectivity index (χ2v) is 5.54. The molecule has 2 aromatic carbocycles. The van der Waals surface area contributed by atoms with Gasteiger partial charge >= 0.3 is 5.97 Å². The highest BCUT2D eigenvalue weighted by Crippen LogP contribution is 2.20. The maximum absolute atomic E-state index is 11.1. The number of aromatic carboxylic acids is 1. The van der Waals surface area contributed by atoms with Gasteiger partial charge in [-0.2, -0.15) is 10.2 Å². The molecule has 0 amide bonds. The highest BCUT2D eigenvalue weighted by molar-refractivity contribution is 5.89. The fourth-order valence-corrected chi connectivity index (χ4v) is 2.32. The van der Waals surface area contributed by atoms with Crippen LogP contribution in [-0.2, 0) is 0 Å². The standard InChI is InChI=1S/C19H15N5O2/c1-12-9-17(22-16-4-2-3-14(10-16)18(25)26)24-19(21-12)23-15-7-5-13(11-20)6-8-15/h2-10H,1H3,(H,25,26)(H2,21,22,23,24). The average molecular weight is 345 g/mol. The van der Waals surface area contributed by atoms with Crippen molar-refractivity contribution in [3.05, 3.63) is 71.4 Å². The second-order valence-electron chi connectivity index (χ2n) is 5.54. The van der Waals surface area contributed by atoms with Crippen molar-refractivity contribution in [2.45, 2.75) is 6.92 Å². The molecule has 0 aliphatic heterocycles. The van der Waals surface area contributed by atoms with Crippen molar-refractivity contribution in [1.29, 1.82) is 5.26 Å². The minimum Gasteiger partial charge on any atom is -0.478 e. The smallest absolute Gasteiger partial charge is 0.335 e. The van der Waals surface area contributed by atoms with Crippen molar-refractivity contribution in [1.82, 2.24) is 9.97 Å². The van der Waals surface area contributed by atoms with E-state index in [-0.39, 0.29) is 5.56 Å². The van der Waals surface area contributed by atoms with Crippen molar-refractivity contribution in [3.8, 4) is 6.07 Å². The number of carboxylic acid groups (broad SMARTS) is 1. The van der Waals surface area contributed by atoms with Crippen LogP contribution in [0.2, 0.25) is 0 Å². The van der Waals surface area contributed by atoms with Gasteiger partial charge in [0.15, 0.2) is 0 Å². The molecule has 0 saturated carbocycles. The number of anilines is 4. The number of hydrogen-bond donors (Lipinski definition) is 3. The van der Waals surface area contributed by atoms with Crippen LogP contribution < -0.4 is 10.6 Å². The number of carboxylic acids is 1. The first-order valence-corrected chi connectivity index (χ1v) is 7.77. The number of benzene rings is 2. The molecule has 7 heteroatoms. The third-order valence-corrected chi connectivity index (χ3v) is 3.51. The van der Waals surface area contributed by atoms with E-state index in [1.54, 1.807) is 42.5 Å². The van der Waals surface area contributed by atoms with Crippen LogP contribution in [-0.4, -0.2) is 21.0 Å². The van der Waals surface area contributed by atoms with E-state index in [1.165, 1.54) is 12.1 Å². The summed E-state index contributed by atoms with van der Waals surface area (Å²) in [4.78, 5) is 19.8. The molecule has 3 rings (SSSR count). The largest absolute Gasteiger partial charge is 0.478 e. The van der Waals surface area contributed by atoms with Gasteiger partial charge in [0.1, 0.15) is 5.82 Å². The maximum atomic E-state index is 11.1. The molecule has 0 saturated heterocycles. The van der Waals surface area contributed by atoms with E-state index >= 15 is 0 Å². The predicted octanol–water partition coefficient (Wildman–Crippen LogP) is 3.84. The SMILES string of the molecule is Cc1cc(Nc2cccc(C(=O)O)c2)nc(Nc2ccc(C#N)cc2)n1. The van der Waals surface area contributed by atoms with Crippen molar-refractivity contribution in [2.75, 3.05) is 10.6 Å². The third-order valence-electron chi connectivity index (χ3n) is 3.51. The molecule has 26 heavy (non-hydrogen) atoms. The summed E-state index contributed by atoms with van der Waals surface area (Å²) in [5, 5.41) is 24.1. The Balaban J connectivity index is 1.82. The fourth-order valence-electron chi connectivity index (χ4n) is 2.32. The predicted molar refractivity (Wildman–Crippen MR) is 97.9 cm³/mol. The van der Waals surface area contributed by atoms with Crippen LogP contribution in [0.3, 0.4) is 0 Å². The summed E-state index contributed by atoms with van der Waals surface area (Å²) in [6, 6.07) is 17.3. The number of rotatable bonds is 5.